The molecule has 27 heavy (non-hydrogen) atoms. The smallest absolute Gasteiger partial charge is 0.306 e. The van der Waals surface area contributed by atoms with Crippen LogP contribution in [-0.4, -0.2) is 50.5 Å². The number of carboxylic acids is 1. The number of benzene rings is 1. The summed E-state index contributed by atoms with van der Waals surface area (Å²) in [5, 5.41) is 31.9. The molecule has 1 rings (SSSR count). The summed E-state index contributed by atoms with van der Waals surface area (Å²) in [5.74, 6) is -2.89. The molecule has 0 spiro atoms. The van der Waals surface area contributed by atoms with E-state index < -0.39 is 59.2 Å². The van der Waals surface area contributed by atoms with E-state index in [9.17, 15) is 29.6 Å². The standard InChI is InChI=1S/C15H16Cl2N2O8.2H2/c16-14(17)15(24)18-10(7-27-12(22)6-5-11(20)21)13(23)8-1-3-9(4-2-8)19(25)26;;/h1-4,10,13-14,23H,5-7H2,(H,18,24)(H,20,21);2*1H/t10?,13-;;/m0../s1. The third-order valence-corrected chi connectivity index (χ3v) is 3.72. The van der Waals surface area contributed by atoms with Crippen molar-refractivity contribution in [3.8, 4) is 0 Å². The van der Waals surface area contributed by atoms with Crippen LogP contribution < -0.4 is 5.32 Å². The van der Waals surface area contributed by atoms with Crippen molar-refractivity contribution in [2.45, 2.75) is 29.8 Å². The number of aliphatic hydroxyl groups is 1. The van der Waals surface area contributed by atoms with Crippen molar-refractivity contribution in [3.63, 3.8) is 0 Å². The highest BCUT2D eigenvalue weighted by atomic mass is 35.5. The highest BCUT2D eigenvalue weighted by Crippen LogP contribution is 2.21. The number of hydrogen-bond acceptors (Lipinski definition) is 7. The third-order valence-electron chi connectivity index (χ3n) is 3.32. The van der Waals surface area contributed by atoms with Crippen LogP contribution in [0.2, 0.25) is 0 Å². The van der Waals surface area contributed by atoms with E-state index in [1.54, 1.807) is 0 Å². The Kier molecular flexibility index (Phi) is 8.92. The molecule has 1 aromatic carbocycles. The number of carbonyl (C=O) groups excluding carboxylic acids is 2. The number of carbonyl (C=O) groups is 3. The van der Waals surface area contributed by atoms with Gasteiger partial charge in [0.25, 0.3) is 11.6 Å². The molecule has 0 aliphatic heterocycles. The van der Waals surface area contributed by atoms with E-state index in [0.29, 0.717) is 0 Å². The average molecular weight is 427 g/mol. The minimum Gasteiger partial charge on any atom is -0.481 e. The van der Waals surface area contributed by atoms with Crippen molar-refractivity contribution in [1.82, 2.24) is 5.32 Å². The number of halogens is 2. The van der Waals surface area contributed by atoms with E-state index in [2.05, 4.69) is 5.32 Å². The van der Waals surface area contributed by atoms with Gasteiger partial charge in [-0.25, -0.2) is 0 Å². The Morgan fingerprint density at radius 2 is 1.81 bits per heavy atom. The van der Waals surface area contributed by atoms with Gasteiger partial charge in [0.05, 0.1) is 23.8 Å². The molecule has 2 atom stereocenters. The summed E-state index contributed by atoms with van der Waals surface area (Å²) in [6, 6.07) is 3.68. The SMILES string of the molecule is O=C(O)CCC(=O)OCC(NC(=O)C(Cl)Cl)[C@@H](O)c1ccc([N+](=O)[O-])cc1.[HH].[HH]. The van der Waals surface area contributed by atoms with E-state index in [0.717, 1.165) is 12.1 Å². The number of rotatable bonds is 10. The number of nitrogens with zero attached hydrogens (tertiary/aromatic N) is 1. The number of non-ortho nitro benzene ring substituents is 1. The topological polar surface area (TPSA) is 156 Å². The van der Waals surface area contributed by atoms with Crippen LogP contribution in [0.25, 0.3) is 0 Å². The largest absolute Gasteiger partial charge is 0.481 e. The van der Waals surface area contributed by atoms with E-state index in [4.69, 9.17) is 33.0 Å². The summed E-state index contributed by atoms with van der Waals surface area (Å²) in [6.45, 7) is -0.497. The summed E-state index contributed by atoms with van der Waals surface area (Å²) >= 11 is 10.9. The Morgan fingerprint density at radius 1 is 1.22 bits per heavy atom. The van der Waals surface area contributed by atoms with Crippen LogP contribution in [0.3, 0.4) is 0 Å². The lowest BCUT2D eigenvalue weighted by Crippen LogP contribution is -2.45. The Balaban J connectivity index is 0. The van der Waals surface area contributed by atoms with Crippen LogP contribution in [0.5, 0.6) is 0 Å². The lowest BCUT2D eigenvalue weighted by atomic mass is 10.0. The molecule has 0 saturated carbocycles. The zero-order valence-corrected chi connectivity index (χ0v) is 15.2. The number of alkyl halides is 2. The molecule has 0 radical (unpaired) electrons. The first kappa shape index (κ1) is 22.6. The molecule has 1 unspecified atom stereocenters. The van der Waals surface area contributed by atoms with Crippen LogP contribution in [0, 0.1) is 10.1 Å². The molecule has 0 saturated heterocycles. The second-order valence-corrected chi connectivity index (χ2v) is 6.38. The first-order valence-corrected chi connectivity index (χ1v) is 8.37. The molecule has 0 aliphatic carbocycles. The van der Waals surface area contributed by atoms with Gasteiger partial charge in [0.1, 0.15) is 12.7 Å². The molecular formula is C15H20Cl2N2O8. The van der Waals surface area contributed by atoms with Gasteiger partial charge < -0.3 is 20.3 Å². The summed E-state index contributed by atoms with van der Waals surface area (Å²) in [5.41, 5.74) is 0.00129. The molecule has 10 nitrogen and oxygen atoms in total. The molecule has 152 valence electrons. The highest BCUT2D eigenvalue weighted by molar-refractivity contribution is 6.53. The maximum atomic E-state index is 11.7. The van der Waals surface area contributed by atoms with Crippen LogP contribution in [0.4, 0.5) is 5.69 Å². The molecular weight excluding hydrogens is 407 g/mol. The number of hydrogen-bond donors (Lipinski definition) is 3. The third kappa shape index (κ3) is 7.77. The molecule has 0 fully saturated rings. The molecule has 1 amide bonds. The zero-order chi connectivity index (χ0) is 20.6. The molecule has 0 aliphatic rings. The average Bonchev–Trinajstić information content (AvgIpc) is 2.62. The Labute approximate surface area is 166 Å². The first-order valence-electron chi connectivity index (χ1n) is 7.50. The number of nitro groups is 1. The number of amides is 1. The number of esters is 1. The Hall–Kier alpha value is -2.43. The van der Waals surface area contributed by atoms with Crippen LogP contribution >= 0.6 is 23.2 Å². The normalized spacial score (nSPS) is 12.9. The van der Waals surface area contributed by atoms with Crippen molar-refractivity contribution in [1.29, 1.82) is 0 Å². The number of nitro benzene ring substituents is 1. The van der Waals surface area contributed by atoms with Gasteiger partial charge in [-0.2, -0.15) is 0 Å². The lowest BCUT2D eigenvalue weighted by molar-refractivity contribution is -0.384. The van der Waals surface area contributed by atoms with Gasteiger partial charge in [-0.3, -0.25) is 24.5 Å². The molecule has 12 heteroatoms. The Morgan fingerprint density at radius 3 is 2.30 bits per heavy atom. The van der Waals surface area contributed by atoms with Gasteiger partial charge in [-0.15, -0.1) is 0 Å². The van der Waals surface area contributed by atoms with Crippen molar-refractivity contribution < 1.29 is 37.1 Å². The van der Waals surface area contributed by atoms with Gasteiger partial charge in [0, 0.05) is 15.0 Å². The zero-order valence-electron chi connectivity index (χ0n) is 13.7. The van der Waals surface area contributed by atoms with Crippen molar-refractivity contribution in [2.24, 2.45) is 0 Å². The van der Waals surface area contributed by atoms with E-state index in [1.165, 1.54) is 12.1 Å². The molecule has 1 aromatic rings. The molecule has 0 bridgehead atoms. The maximum absolute atomic E-state index is 11.7. The fourth-order valence-electron chi connectivity index (χ4n) is 1.95. The fraction of sp³-hybridized carbons (Fsp3) is 0.400. The van der Waals surface area contributed by atoms with E-state index in [1.807, 2.05) is 0 Å². The second kappa shape index (κ2) is 10.7. The Bertz CT molecular complexity index is 706. The predicted molar refractivity (Wildman–Crippen MR) is 97.5 cm³/mol. The summed E-state index contributed by atoms with van der Waals surface area (Å²) in [7, 11) is 0. The molecule has 3 N–H and O–H groups in total. The van der Waals surface area contributed by atoms with Crippen LogP contribution in [-0.2, 0) is 19.1 Å². The van der Waals surface area contributed by atoms with Crippen LogP contribution in [0.1, 0.15) is 27.4 Å². The first-order chi connectivity index (χ1) is 12.6. The number of aliphatic hydroxyl groups excluding tert-OH is 1. The van der Waals surface area contributed by atoms with Crippen molar-refractivity contribution >= 4 is 46.7 Å². The number of aliphatic carboxylic acids is 1. The molecule has 0 heterocycles. The minimum atomic E-state index is -1.45. The monoisotopic (exact) mass is 426 g/mol. The number of nitrogens with one attached hydrogen (secondary N) is 1. The lowest BCUT2D eigenvalue weighted by Gasteiger charge is -2.24. The fourth-order valence-corrected chi connectivity index (χ4v) is 2.07. The summed E-state index contributed by atoms with van der Waals surface area (Å²) < 4.78 is 4.87. The summed E-state index contributed by atoms with van der Waals surface area (Å²) in [6.07, 6.45) is -2.24. The second-order valence-electron chi connectivity index (χ2n) is 5.29. The van der Waals surface area contributed by atoms with Crippen LogP contribution in [0.15, 0.2) is 24.3 Å². The summed E-state index contributed by atoms with van der Waals surface area (Å²) in [4.78, 5) is 42.3. The van der Waals surface area contributed by atoms with Gasteiger partial charge >= 0.3 is 11.9 Å². The van der Waals surface area contributed by atoms with Crippen molar-refractivity contribution in [2.75, 3.05) is 6.61 Å². The van der Waals surface area contributed by atoms with E-state index in [-0.39, 0.29) is 14.1 Å². The number of carboxylic acid groups (broad SMARTS) is 1. The van der Waals surface area contributed by atoms with E-state index >= 15 is 0 Å². The van der Waals surface area contributed by atoms with Gasteiger partial charge in [0.15, 0.2) is 4.84 Å². The van der Waals surface area contributed by atoms with Gasteiger partial charge in [0.2, 0.25) is 0 Å². The van der Waals surface area contributed by atoms with Gasteiger partial charge in [-0.1, -0.05) is 23.2 Å². The van der Waals surface area contributed by atoms with Gasteiger partial charge in [-0.05, 0) is 17.7 Å². The molecule has 0 aromatic heterocycles. The highest BCUT2D eigenvalue weighted by Gasteiger charge is 2.27. The quantitative estimate of drug-likeness (QED) is 0.221. The predicted octanol–water partition coefficient (Wildman–Crippen LogP) is 1.82. The van der Waals surface area contributed by atoms with Crippen molar-refractivity contribution in [3.05, 3.63) is 39.9 Å². The minimum absolute atomic E-state index is 0. The maximum Gasteiger partial charge on any atom is 0.306 e. The number of ether oxygens (including phenoxy) is 1.